The predicted molar refractivity (Wildman–Crippen MR) is 75.5 cm³/mol. The van der Waals surface area contributed by atoms with E-state index in [1.165, 1.54) is 13.3 Å². The average molecular weight is 294 g/mol. The van der Waals surface area contributed by atoms with Crippen molar-refractivity contribution in [3.05, 3.63) is 11.7 Å². The third-order valence-electron chi connectivity index (χ3n) is 3.63. The van der Waals surface area contributed by atoms with Crippen molar-refractivity contribution in [3.63, 3.8) is 0 Å². The van der Waals surface area contributed by atoms with Crippen LogP contribution in [0.1, 0.15) is 57.7 Å². The highest BCUT2D eigenvalue weighted by Crippen LogP contribution is 2.35. The van der Waals surface area contributed by atoms with Crippen LogP contribution < -0.4 is 10.6 Å². The fourth-order valence-corrected chi connectivity index (χ4v) is 2.20. The first kappa shape index (κ1) is 15.5. The van der Waals surface area contributed by atoms with E-state index >= 15 is 0 Å². The molecule has 2 rings (SSSR count). The van der Waals surface area contributed by atoms with Gasteiger partial charge < -0.3 is 15.2 Å². The van der Waals surface area contributed by atoms with Gasteiger partial charge in [-0.15, -0.1) is 0 Å². The molecular formula is C14H22N4O3. The van der Waals surface area contributed by atoms with E-state index in [0.29, 0.717) is 30.6 Å². The van der Waals surface area contributed by atoms with Gasteiger partial charge in [0.25, 0.3) is 0 Å². The first-order valence-electron chi connectivity index (χ1n) is 7.28. The van der Waals surface area contributed by atoms with Crippen LogP contribution in [0.3, 0.4) is 0 Å². The summed E-state index contributed by atoms with van der Waals surface area (Å²) in [4.78, 5) is 27.3. The molecule has 1 aromatic rings. The Hall–Kier alpha value is -1.92. The van der Waals surface area contributed by atoms with Crippen LogP contribution in [0.2, 0.25) is 0 Å². The lowest BCUT2D eigenvalue weighted by molar-refractivity contribution is -0.131. The number of carbonyl (C=O) groups is 2. The summed E-state index contributed by atoms with van der Waals surface area (Å²) in [6.45, 7) is 5.11. The van der Waals surface area contributed by atoms with Crippen LogP contribution in [0.25, 0.3) is 0 Å². The number of nitrogens with zero attached hydrogens (tertiary/aromatic N) is 2. The Kier molecular flexibility index (Phi) is 4.59. The third kappa shape index (κ3) is 4.03. The molecule has 21 heavy (non-hydrogen) atoms. The lowest BCUT2D eigenvalue weighted by Gasteiger charge is -2.24. The molecule has 2 N–H and O–H groups in total. The number of hydrogen-bond donors (Lipinski definition) is 2. The largest absolute Gasteiger partial charge is 0.354 e. The van der Waals surface area contributed by atoms with Gasteiger partial charge in [-0.3, -0.25) is 9.59 Å². The van der Waals surface area contributed by atoms with Crippen molar-refractivity contribution in [3.8, 4) is 0 Å². The molecule has 0 aromatic carbocycles. The van der Waals surface area contributed by atoms with Crippen LogP contribution in [0.5, 0.6) is 0 Å². The van der Waals surface area contributed by atoms with Gasteiger partial charge >= 0.3 is 0 Å². The molecule has 1 fully saturated rings. The average Bonchev–Trinajstić information content (AvgIpc) is 2.73. The molecule has 0 unspecified atom stereocenters. The quantitative estimate of drug-likeness (QED) is 0.813. The van der Waals surface area contributed by atoms with E-state index in [0.717, 1.165) is 12.8 Å². The number of rotatable bonds is 6. The SMILES string of the molecule is CC(=O)NC(C)(C)C(=O)NCCc1noc(C2CCC2)n1. The Bertz CT molecular complexity index is 520. The maximum Gasteiger partial charge on any atom is 0.245 e. The fraction of sp³-hybridized carbons (Fsp3) is 0.714. The van der Waals surface area contributed by atoms with E-state index in [9.17, 15) is 9.59 Å². The molecule has 7 nitrogen and oxygen atoms in total. The smallest absolute Gasteiger partial charge is 0.245 e. The maximum absolute atomic E-state index is 12.0. The van der Waals surface area contributed by atoms with Gasteiger partial charge in [0.2, 0.25) is 17.7 Å². The Morgan fingerprint density at radius 1 is 1.38 bits per heavy atom. The van der Waals surface area contributed by atoms with E-state index in [2.05, 4.69) is 20.8 Å². The Morgan fingerprint density at radius 3 is 2.67 bits per heavy atom. The predicted octanol–water partition coefficient (Wildman–Crippen LogP) is 0.910. The molecule has 0 saturated heterocycles. The van der Waals surface area contributed by atoms with Gasteiger partial charge in [0.15, 0.2) is 5.82 Å². The summed E-state index contributed by atoms with van der Waals surface area (Å²) in [5.41, 5.74) is -0.930. The van der Waals surface area contributed by atoms with Crippen molar-refractivity contribution >= 4 is 11.8 Å². The fourth-order valence-electron chi connectivity index (χ4n) is 2.20. The van der Waals surface area contributed by atoms with Gasteiger partial charge in [-0.2, -0.15) is 4.98 Å². The summed E-state index contributed by atoms with van der Waals surface area (Å²) in [5.74, 6) is 1.26. The highest BCUT2D eigenvalue weighted by atomic mass is 16.5. The van der Waals surface area contributed by atoms with Gasteiger partial charge in [0.1, 0.15) is 5.54 Å². The lowest BCUT2D eigenvalue weighted by Crippen LogP contribution is -2.54. The summed E-state index contributed by atoms with van der Waals surface area (Å²) in [6.07, 6.45) is 3.96. The Labute approximate surface area is 123 Å². The van der Waals surface area contributed by atoms with Gasteiger partial charge in [-0.05, 0) is 26.7 Å². The van der Waals surface area contributed by atoms with Gasteiger partial charge in [0, 0.05) is 25.8 Å². The maximum atomic E-state index is 12.0. The molecule has 0 bridgehead atoms. The minimum atomic E-state index is -0.930. The van der Waals surface area contributed by atoms with Gasteiger partial charge in [-0.1, -0.05) is 11.6 Å². The molecule has 1 heterocycles. The van der Waals surface area contributed by atoms with Crippen LogP contribution in [0, 0.1) is 0 Å². The zero-order valence-corrected chi connectivity index (χ0v) is 12.7. The first-order valence-corrected chi connectivity index (χ1v) is 7.28. The number of carbonyl (C=O) groups excluding carboxylic acids is 2. The molecule has 1 saturated carbocycles. The molecule has 2 amide bonds. The molecule has 0 radical (unpaired) electrons. The van der Waals surface area contributed by atoms with Crippen LogP contribution in [-0.2, 0) is 16.0 Å². The van der Waals surface area contributed by atoms with E-state index in [1.54, 1.807) is 13.8 Å². The summed E-state index contributed by atoms with van der Waals surface area (Å²) < 4.78 is 5.22. The highest BCUT2D eigenvalue weighted by Gasteiger charge is 2.28. The highest BCUT2D eigenvalue weighted by molar-refractivity contribution is 5.90. The monoisotopic (exact) mass is 294 g/mol. The Morgan fingerprint density at radius 2 is 2.10 bits per heavy atom. The van der Waals surface area contributed by atoms with Crippen molar-refractivity contribution < 1.29 is 14.1 Å². The minimum absolute atomic E-state index is 0.236. The van der Waals surface area contributed by atoms with Crippen molar-refractivity contribution in [1.82, 2.24) is 20.8 Å². The minimum Gasteiger partial charge on any atom is -0.354 e. The zero-order valence-electron chi connectivity index (χ0n) is 12.7. The molecule has 7 heteroatoms. The second-order valence-corrected chi connectivity index (χ2v) is 5.99. The summed E-state index contributed by atoms with van der Waals surface area (Å²) in [6, 6.07) is 0. The van der Waals surface area contributed by atoms with Crippen LogP contribution in [0.4, 0.5) is 0 Å². The topological polar surface area (TPSA) is 97.1 Å². The van der Waals surface area contributed by atoms with E-state index < -0.39 is 5.54 Å². The van der Waals surface area contributed by atoms with Gasteiger partial charge in [0.05, 0.1) is 0 Å². The molecule has 0 spiro atoms. The number of nitrogens with one attached hydrogen (secondary N) is 2. The second kappa shape index (κ2) is 6.24. The van der Waals surface area contributed by atoms with Crippen molar-refractivity contribution in [2.24, 2.45) is 0 Å². The van der Waals surface area contributed by atoms with Crippen LogP contribution >= 0.6 is 0 Å². The molecule has 1 aliphatic rings. The van der Waals surface area contributed by atoms with E-state index in [-0.39, 0.29) is 11.8 Å². The summed E-state index contributed by atoms with van der Waals surface area (Å²) in [7, 11) is 0. The third-order valence-corrected chi connectivity index (χ3v) is 3.63. The first-order chi connectivity index (χ1) is 9.88. The lowest BCUT2D eigenvalue weighted by atomic mass is 9.85. The van der Waals surface area contributed by atoms with Crippen molar-refractivity contribution in [2.45, 2.75) is 57.9 Å². The summed E-state index contributed by atoms with van der Waals surface area (Å²) in [5, 5.41) is 9.29. The van der Waals surface area contributed by atoms with Crippen molar-refractivity contribution in [1.29, 1.82) is 0 Å². The van der Waals surface area contributed by atoms with E-state index in [4.69, 9.17) is 4.52 Å². The second-order valence-electron chi connectivity index (χ2n) is 5.99. The van der Waals surface area contributed by atoms with E-state index in [1.807, 2.05) is 0 Å². The van der Waals surface area contributed by atoms with Crippen LogP contribution in [-0.4, -0.2) is 34.0 Å². The molecule has 1 aromatic heterocycles. The molecule has 0 atom stereocenters. The van der Waals surface area contributed by atoms with Crippen molar-refractivity contribution in [2.75, 3.05) is 6.54 Å². The summed E-state index contributed by atoms with van der Waals surface area (Å²) >= 11 is 0. The van der Waals surface area contributed by atoms with Gasteiger partial charge in [-0.25, -0.2) is 0 Å². The molecular weight excluding hydrogens is 272 g/mol. The van der Waals surface area contributed by atoms with Crippen LogP contribution in [0.15, 0.2) is 4.52 Å². The normalized spacial score (nSPS) is 15.4. The molecule has 0 aliphatic heterocycles. The number of aromatic nitrogens is 2. The number of hydrogen-bond acceptors (Lipinski definition) is 5. The standard InChI is InChI=1S/C14H22N4O3/c1-9(19)17-14(2,3)13(20)15-8-7-11-16-12(21-18-11)10-5-4-6-10/h10H,4-8H2,1-3H3,(H,15,20)(H,17,19). The Balaban J connectivity index is 1.77. The number of amides is 2. The zero-order chi connectivity index (χ0) is 15.5. The molecule has 1 aliphatic carbocycles. The molecule has 116 valence electrons.